The van der Waals surface area contributed by atoms with Gasteiger partial charge >= 0.3 is 11.9 Å². The summed E-state index contributed by atoms with van der Waals surface area (Å²) in [5.74, 6) is -5.02. The average molecular weight is 408 g/mol. The number of carbonyl (C=O) groups excluding carboxylic acids is 3. The van der Waals surface area contributed by atoms with E-state index in [1.165, 1.54) is 6.92 Å². The van der Waals surface area contributed by atoms with Crippen LogP contribution in [-0.2, 0) is 30.4 Å². The first-order chi connectivity index (χ1) is 13.6. The molecule has 11 nitrogen and oxygen atoms in total. The first kappa shape index (κ1) is 23.6. The summed E-state index contributed by atoms with van der Waals surface area (Å²) < 4.78 is 0. The van der Waals surface area contributed by atoms with Crippen LogP contribution in [0, 0.1) is 0 Å². The van der Waals surface area contributed by atoms with Gasteiger partial charge in [0.25, 0.3) is 0 Å². The van der Waals surface area contributed by atoms with Gasteiger partial charge in [0.1, 0.15) is 18.1 Å². The topological polar surface area (TPSA) is 188 Å². The molecule has 0 aliphatic carbocycles. The molecular weight excluding hydrogens is 384 g/mol. The van der Waals surface area contributed by atoms with Gasteiger partial charge in [0.05, 0.1) is 13.0 Å². The van der Waals surface area contributed by atoms with Crippen molar-refractivity contribution in [2.75, 3.05) is 6.54 Å². The number of nitrogens with two attached hydrogens (primary N) is 1. The summed E-state index contributed by atoms with van der Waals surface area (Å²) in [6.07, 6.45) is -0.672. The first-order valence-electron chi connectivity index (χ1n) is 8.72. The Labute approximate surface area is 166 Å². The predicted molar refractivity (Wildman–Crippen MR) is 101 cm³/mol. The summed E-state index contributed by atoms with van der Waals surface area (Å²) in [5, 5.41) is 24.9. The Bertz CT molecular complexity index is 754. The van der Waals surface area contributed by atoms with E-state index >= 15 is 0 Å². The van der Waals surface area contributed by atoms with Crippen molar-refractivity contribution in [1.82, 2.24) is 16.0 Å². The molecule has 0 saturated carbocycles. The minimum atomic E-state index is -1.43. The third-order valence-electron chi connectivity index (χ3n) is 3.87. The van der Waals surface area contributed by atoms with E-state index in [-0.39, 0.29) is 6.42 Å². The number of aliphatic carboxylic acids is 2. The quantitative estimate of drug-likeness (QED) is 0.248. The second kappa shape index (κ2) is 11.4. The third-order valence-corrected chi connectivity index (χ3v) is 3.87. The summed E-state index contributed by atoms with van der Waals surface area (Å²) in [4.78, 5) is 58.2. The van der Waals surface area contributed by atoms with E-state index in [1.54, 1.807) is 30.3 Å². The summed E-state index contributed by atoms with van der Waals surface area (Å²) in [7, 11) is 0. The van der Waals surface area contributed by atoms with E-state index in [0.29, 0.717) is 5.56 Å². The number of carboxylic acids is 2. The van der Waals surface area contributed by atoms with Gasteiger partial charge in [-0.3, -0.25) is 19.2 Å². The van der Waals surface area contributed by atoms with Gasteiger partial charge in [0.2, 0.25) is 17.7 Å². The minimum Gasteiger partial charge on any atom is -0.481 e. The van der Waals surface area contributed by atoms with Crippen LogP contribution < -0.4 is 21.7 Å². The molecular formula is C18H24N4O7. The van der Waals surface area contributed by atoms with Crippen LogP contribution in [0.25, 0.3) is 0 Å². The van der Waals surface area contributed by atoms with E-state index in [4.69, 9.17) is 10.8 Å². The lowest BCUT2D eigenvalue weighted by Gasteiger charge is -2.21. The van der Waals surface area contributed by atoms with Gasteiger partial charge in [-0.1, -0.05) is 30.3 Å². The molecule has 0 aliphatic rings. The largest absolute Gasteiger partial charge is 0.481 e. The summed E-state index contributed by atoms with van der Waals surface area (Å²) in [6, 6.07) is 4.83. The molecule has 29 heavy (non-hydrogen) atoms. The maximum absolute atomic E-state index is 12.3. The Morgan fingerprint density at radius 2 is 1.55 bits per heavy atom. The van der Waals surface area contributed by atoms with E-state index in [9.17, 15) is 29.1 Å². The highest BCUT2D eigenvalue weighted by molar-refractivity contribution is 5.95. The Morgan fingerprint density at radius 1 is 0.931 bits per heavy atom. The molecule has 1 aromatic rings. The first-order valence-corrected chi connectivity index (χ1v) is 8.72. The molecule has 158 valence electrons. The molecule has 0 bridgehead atoms. The maximum atomic E-state index is 12.3. The Balaban J connectivity index is 2.73. The molecule has 3 unspecified atom stereocenters. The van der Waals surface area contributed by atoms with Crippen LogP contribution in [0.4, 0.5) is 0 Å². The zero-order valence-electron chi connectivity index (χ0n) is 15.8. The van der Waals surface area contributed by atoms with Gasteiger partial charge in [-0.15, -0.1) is 0 Å². The lowest BCUT2D eigenvalue weighted by Crippen LogP contribution is -2.55. The Kier molecular flexibility index (Phi) is 9.26. The molecule has 0 aliphatic heterocycles. The molecule has 0 radical (unpaired) electrons. The van der Waals surface area contributed by atoms with Gasteiger partial charge in [-0.2, -0.15) is 0 Å². The molecule has 0 heterocycles. The van der Waals surface area contributed by atoms with Crippen molar-refractivity contribution in [1.29, 1.82) is 0 Å². The monoisotopic (exact) mass is 408 g/mol. The average Bonchev–Trinajstić information content (AvgIpc) is 2.66. The number of nitrogens with one attached hydrogen (secondary N) is 3. The molecule has 7 N–H and O–H groups in total. The Morgan fingerprint density at radius 3 is 2.07 bits per heavy atom. The second-order valence-corrected chi connectivity index (χ2v) is 6.24. The lowest BCUT2D eigenvalue weighted by atomic mass is 10.1. The number of benzene rings is 1. The molecule has 3 atom stereocenters. The predicted octanol–water partition coefficient (Wildman–Crippen LogP) is -1.78. The van der Waals surface area contributed by atoms with Crippen molar-refractivity contribution in [3.8, 4) is 0 Å². The van der Waals surface area contributed by atoms with Crippen molar-refractivity contribution in [2.24, 2.45) is 5.73 Å². The third kappa shape index (κ3) is 8.39. The molecule has 0 saturated heterocycles. The second-order valence-electron chi connectivity index (χ2n) is 6.24. The maximum Gasteiger partial charge on any atom is 0.326 e. The minimum absolute atomic E-state index is 0.0385. The van der Waals surface area contributed by atoms with Crippen LogP contribution in [0.3, 0.4) is 0 Å². The van der Waals surface area contributed by atoms with Crippen molar-refractivity contribution in [2.45, 2.75) is 37.9 Å². The number of hydrogen-bond donors (Lipinski definition) is 6. The van der Waals surface area contributed by atoms with Crippen LogP contribution in [0.5, 0.6) is 0 Å². The molecule has 11 heteroatoms. The number of rotatable bonds is 11. The summed E-state index contributed by atoms with van der Waals surface area (Å²) in [6.45, 7) is 0.858. The molecule has 0 aromatic heterocycles. The van der Waals surface area contributed by atoms with E-state index in [1.807, 2.05) is 0 Å². The van der Waals surface area contributed by atoms with Crippen molar-refractivity contribution >= 4 is 29.7 Å². The molecule has 0 fully saturated rings. The number of amides is 3. The molecule has 1 rings (SSSR count). The normalized spacial score (nSPS) is 13.4. The van der Waals surface area contributed by atoms with Gasteiger partial charge in [-0.25, -0.2) is 4.79 Å². The SMILES string of the molecule is CC(NC(=O)C(CC(=O)O)NC(=O)CN)C(=O)NC(Cc1ccccc1)C(=O)O. The fourth-order valence-electron chi connectivity index (χ4n) is 2.36. The van der Waals surface area contributed by atoms with Crippen LogP contribution in [-0.4, -0.2) is 64.5 Å². The van der Waals surface area contributed by atoms with Crippen molar-refractivity contribution in [3.63, 3.8) is 0 Å². The van der Waals surface area contributed by atoms with Crippen molar-refractivity contribution < 1.29 is 34.2 Å². The zero-order chi connectivity index (χ0) is 22.0. The highest BCUT2D eigenvalue weighted by Crippen LogP contribution is 2.04. The molecule has 1 aromatic carbocycles. The number of carbonyl (C=O) groups is 5. The highest BCUT2D eigenvalue weighted by atomic mass is 16.4. The summed E-state index contributed by atoms with van der Waals surface area (Å²) >= 11 is 0. The standard InChI is InChI=1S/C18H24N4O7/c1-10(20-17(27)12(8-15(24)25)21-14(23)9-19)16(26)22-13(18(28)29)7-11-5-3-2-4-6-11/h2-6,10,12-13H,7-9,19H2,1H3,(H,20,27)(H,21,23)(H,22,26)(H,24,25)(H,28,29). The van der Waals surface area contributed by atoms with Crippen LogP contribution in [0.1, 0.15) is 18.9 Å². The van der Waals surface area contributed by atoms with E-state index in [0.717, 1.165) is 0 Å². The van der Waals surface area contributed by atoms with Gasteiger partial charge in [0, 0.05) is 6.42 Å². The fraction of sp³-hybridized carbons (Fsp3) is 0.389. The van der Waals surface area contributed by atoms with Gasteiger partial charge in [-0.05, 0) is 12.5 Å². The zero-order valence-corrected chi connectivity index (χ0v) is 15.8. The van der Waals surface area contributed by atoms with Gasteiger partial charge in [0.15, 0.2) is 0 Å². The van der Waals surface area contributed by atoms with E-state index < -0.39 is 60.8 Å². The van der Waals surface area contributed by atoms with Crippen LogP contribution >= 0.6 is 0 Å². The van der Waals surface area contributed by atoms with E-state index in [2.05, 4.69) is 16.0 Å². The fourth-order valence-corrected chi connectivity index (χ4v) is 2.36. The Hall–Kier alpha value is -3.47. The molecule has 0 spiro atoms. The van der Waals surface area contributed by atoms with Crippen LogP contribution in [0.2, 0.25) is 0 Å². The van der Waals surface area contributed by atoms with Crippen molar-refractivity contribution in [3.05, 3.63) is 35.9 Å². The number of hydrogen-bond acceptors (Lipinski definition) is 6. The van der Waals surface area contributed by atoms with Gasteiger partial charge < -0.3 is 31.9 Å². The van der Waals surface area contributed by atoms with Crippen LogP contribution in [0.15, 0.2) is 30.3 Å². The molecule has 3 amide bonds. The highest BCUT2D eigenvalue weighted by Gasteiger charge is 2.28. The summed E-state index contributed by atoms with van der Waals surface area (Å²) in [5.41, 5.74) is 5.83. The lowest BCUT2D eigenvalue weighted by molar-refractivity contribution is -0.143. The number of carboxylic acid groups (broad SMARTS) is 2. The smallest absolute Gasteiger partial charge is 0.326 e.